The smallest absolute Gasteiger partial charge is 0.121 e. The molecular weight excluding hydrogens is 246 g/mol. The van der Waals surface area contributed by atoms with Crippen LogP contribution >= 0.6 is 11.6 Å². The normalized spacial score (nSPS) is 13.4. The highest BCUT2D eigenvalue weighted by atomic mass is 35.5. The van der Waals surface area contributed by atoms with Gasteiger partial charge in [0.25, 0.3) is 0 Å². The van der Waals surface area contributed by atoms with Gasteiger partial charge in [-0.05, 0) is 65.3 Å². The minimum atomic E-state index is 0.192. The summed E-state index contributed by atoms with van der Waals surface area (Å²) in [6, 6.07) is 7.55. The molecule has 0 spiro atoms. The van der Waals surface area contributed by atoms with Gasteiger partial charge < -0.3 is 10.1 Å². The van der Waals surface area contributed by atoms with Gasteiger partial charge in [0, 0.05) is 10.6 Å². The lowest BCUT2D eigenvalue weighted by molar-refractivity contribution is 0.206. The second kappa shape index (κ2) is 7.01. The Morgan fingerprint density at radius 2 is 2.06 bits per heavy atom. The molecule has 0 aliphatic carbocycles. The van der Waals surface area contributed by atoms with Gasteiger partial charge in [-0.15, -0.1) is 0 Å². The van der Waals surface area contributed by atoms with Crippen LogP contribution in [0.1, 0.15) is 40.5 Å². The number of ether oxygens (including phenoxy) is 1. The molecule has 0 bridgehead atoms. The van der Waals surface area contributed by atoms with Crippen LogP contribution in [0.5, 0.6) is 5.75 Å². The summed E-state index contributed by atoms with van der Waals surface area (Å²) in [7, 11) is 0. The molecule has 0 fully saturated rings. The highest BCUT2D eigenvalue weighted by Gasteiger charge is 2.09. The fourth-order valence-electron chi connectivity index (χ4n) is 1.68. The summed E-state index contributed by atoms with van der Waals surface area (Å²) in [5, 5.41) is 4.19. The van der Waals surface area contributed by atoms with Crippen LogP contribution in [0.15, 0.2) is 24.3 Å². The lowest BCUT2D eigenvalue weighted by Gasteiger charge is -2.21. The van der Waals surface area contributed by atoms with Crippen molar-refractivity contribution in [2.75, 3.05) is 6.54 Å². The van der Waals surface area contributed by atoms with Gasteiger partial charge in [-0.2, -0.15) is 0 Å². The molecule has 1 aromatic carbocycles. The lowest BCUT2D eigenvalue weighted by Crippen LogP contribution is -2.36. The minimum Gasteiger partial charge on any atom is -0.491 e. The summed E-state index contributed by atoms with van der Waals surface area (Å²) in [5.41, 5.74) is 0.192. The summed E-state index contributed by atoms with van der Waals surface area (Å²) < 4.78 is 5.82. The predicted molar refractivity (Wildman–Crippen MR) is 78.5 cm³/mol. The van der Waals surface area contributed by atoms with E-state index in [0.717, 1.165) is 25.1 Å². The molecule has 18 heavy (non-hydrogen) atoms. The van der Waals surface area contributed by atoms with E-state index in [1.165, 1.54) is 0 Å². The maximum absolute atomic E-state index is 5.92. The Bertz CT molecular complexity index is 360. The van der Waals surface area contributed by atoms with Crippen molar-refractivity contribution in [2.45, 2.75) is 52.2 Å². The third kappa shape index (κ3) is 6.87. The highest BCUT2D eigenvalue weighted by Crippen LogP contribution is 2.19. The van der Waals surface area contributed by atoms with Gasteiger partial charge in [-0.25, -0.2) is 0 Å². The second-order valence-electron chi connectivity index (χ2n) is 5.70. The zero-order valence-corrected chi connectivity index (χ0v) is 12.6. The Hall–Kier alpha value is -0.730. The third-order valence-electron chi connectivity index (χ3n) is 2.58. The van der Waals surface area contributed by atoms with Gasteiger partial charge in [0.05, 0.1) is 6.10 Å². The van der Waals surface area contributed by atoms with Crippen LogP contribution in [0.2, 0.25) is 5.02 Å². The summed E-state index contributed by atoms with van der Waals surface area (Å²) >= 11 is 5.92. The first-order valence-corrected chi connectivity index (χ1v) is 6.92. The fraction of sp³-hybridized carbons (Fsp3) is 0.600. The predicted octanol–water partition coefficient (Wildman–Crippen LogP) is 4.28. The molecule has 1 atom stereocenters. The molecule has 1 rings (SSSR count). The van der Waals surface area contributed by atoms with E-state index in [0.29, 0.717) is 5.02 Å². The van der Waals surface area contributed by atoms with Gasteiger partial charge >= 0.3 is 0 Å². The van der Waals surface area contributed by atoms with E-state index in [9.17, 15) is 0 Å². The summed E-state index contributed by atoms with van der Waals surface area (Å²) in [5.74, 6) is 0.846. The Labute approximate surface area is 116 Å². The molecule has 0 aliphatic heterocycles. The molecule has 102 valence electrons. The summed E-state index contributed by atoms with van der Waals surface area (Å²) in [6.07, 6.45) is 2.36. The van der Waals surface area contributed by atoms with Crippen molar-refractivity contribution in [2.24, 2.45) is 0 Å². The number of nitrogens with one attached hydrogen (secondary N) is 1. The average molecular weight is 270 g/mol. The number of hydrogen-bond donors (Lipinski definition) is 1. The van der Waals surface area contributed by atoms with Crippen molar-refractivity contribution < 1.29 is 4.74 Å². The van der Waals surface area contributed by atoms with Crippen LogP contribution in [0, 0.1) is 0 Å². The van der Waals surface area contributed by atoms with E-state index >= 15 is 0 Å². The number of hydrogen-bond acceptors (Lipinski definition) is 2. The molecule has 2 nitrogen and oxygen atoms in total. The Morgan fingerprint density at radius 1 is 1.33 bits per heavy atom. The van der Waals surface area contributed by atoms with Gasteiger partial charge in [0.2, 0.25) is 0 Å². The molecule has 0 saturated carbocycles. The van der Waals surface area contributed by atoms with Crippen molar-refractivity contribution in [3.05, 3.63) is 29.3 Å². The maximum Gasteiger partial charge on any atom is 0.121 e. The Balaban J connectivity index is 2.24. The van der Waals surface area contributed by atoms with Crippen LogP contribution in [0.3, 0.4) is 0 Å². The molecule has 0 aromatic heterocycles. The molecule has 0 amide bonds. The van der Waals surface area contributed by atoms with E-state index in [1.54, 1.807) is 0 Å². The molecular formula is C15H24ClNO. The maximum atomic E-state index is 5.92. The first kappa shape index (κ1) is 15.3. The van der Waals surface area contributed by atoms with Crippen LogP contribution in [0.25, 0.3) is 0 Å². The molecule has 0 aliphatic rings. The van der Waals surface area contributed by atoms with Gasteiger partial charge in [-0.3, -0.25) is 0 Å². The molecule has 1 aromatic rings. The van der Waals surface area contributed by atoms with E-state index in [1.807, 2.05) is 24.3 Å². The topological polar surface area (TPSA) is 21.3 Å². The van der Waals surface area contributed by atoms with Crippen molar-refractivity contribution >= 4 is 11.6 Å². The van der Waals surface area contributed by atoms with Gasteiger partial charge in [0.1, 0.15) is 5.75 Å². The number of halogens is 1. The third-order valence-corrected chi connectivity index (χ3v) is 2.81. The molecule has 0 saturated heterocycles. The van der Waals surface area contributed by atoms with Crippen molar-refractivity contribution in [3.63, 3.8) is 0 Å². The van der Waals surface area contributed by atoms with Crippen molar-refractivity contribution in [1.82, 2.24) is 5.32 Å². The van der Waals surface area contributed by atoms with E-state index in [4.69, 9.17) is 16.3 Å². The summed E-state index contributed by atoms with van der Waals surface area (Å²) in [4.78, 5) is 0. The number of rotatable bonds is 6. The van der Waals surface area contributed by atoms with E-state index in [-0.39, 0.29) is 11.6 Å². The SMILES string of the molecule is CC(CCCNC(C)(C)C)Oc1cccc(Cl)c1. The van der Waals surface area contributed by atoms with Crippen LogP contribution in [-0.4, -0.2) is 18.2 Å². The molecule has 1 unspecified atom stereocenters. The van der Waals surface area contributed by atoms with Crippen molar-refractivity contribution in [3.8, 4) is 5.75 Å². The van der Waals surface area contributed by atoms with E-state index < -0.39 is 0 Å². The zero-order valence-electron chi connectivity index (χ0n) is 11.8. The zero-order chi connectivity index (χ0) is 13.6. The summed E-state index contributed by atoms with van der Waals surface area (Å²) in [6.45, 7) is 9.65. The average Bonchev–Trinajstić information content (AvgIpc) is 2.23. The number of benzene rings is 1. The van der Waals surface area contributed by atoms with Gasteiger partial charge in [-0.1, -0.05) is 17.7 Å². The Kier molecular flexibility index (Phi) is 5.97. The quantitative estimate of drug-likeness (QED) is 0.779. The first-order chi connectivity index (χ1) is 8.37. The van der Waals surface area contributed by atoms with E-state index in [2.05, 4.69) is 33.0 Å². The van der Waals surface area contributed by atoms with Crippen LogP contribution < -0.4 is 10.1 Å². The van der Waals surface area contributed by atoms with Crippen LogP contribution in [-0.2, 0) is 0 Å². The first-order valence-electron chi connectivity index (χ1n) is 6.54. The molecule has 3 heteroatoms. The Morgan fingerprint density at radius 3 is 2.67 bits per heavy atom. The molecule has 1 N–H and O–H groups in total. The van der Waals surface area contributed by atoms with Crippen LogP contribution in [0.4, 0.5) is 0 Å². The minimum absolute atomic E-state index is 0.192. The lowest BCUT2D eigenvalue weighted by atomic mass is 10.1. The molecule has 0 radical (unpaired) electrons. The largest absolute Gasteiger partial charge is 0.491 e. The fourth-order valence-corrected chi connectivity index (χ4v) is 1.86. The van der Waals surface area contributed by atoms with Crippen molar-refractivity contribution in [1.29, 1.82) is 0 Å². The van der Waals surface area contributed by atoms with Gasteiger partial charge in [0.15, 0.2) is 0 Å². The second-order valence-corrected chi connectivity index (χ2v) is 6.14. The highest BCUT2D eigenvalue weighted by molar-refractivity contribution is 6.30. The molecule has 0 heterocycles. The monoisotopic (exact) mass is 269 g/mol. The standard InChI is InChI=1S/C15H24ClNO/c1-12(7-6-10-17-15(2,3)4)18-14-9-5-8-13(16)11-14/h5,8-9,11-12,17H,6-7,10H2,1-4H3.